The molecule has 2 amide bonds. The molecule has 0 saturated carbocycles. The molecule has 3 rings (SSSR count). The van der Waals surface area contributed by atoms with E-state index in [1.54, 1.807) is 36.4 Å². The summed E-state index contributed by atoms with van der Waals surface area (Å²) < 4.78 is 10.5. The first-order valence-electron chi connectivity index (χ1n) is 7.75. The highest BCUT2D eigenvalue weighted by atomic mass is 35.5. The van der Waals surface area contributed by atoms with Crippen LogP contribution in [0.5, 0.6) is 11.5 Å². The maximum atomic E-state index is 12.6. The molecule has 2 aromatic rings. The van der Waals surface area contributed by atoms with Crippen LogP contribution in [0.25, 0.3) is 0 Å². The molecule has 8 heteroatoms. The third kappa shape index (κ3) is 3.57. The van der Waals surface area contributed by atoms with Gasteiger partial charge in [-0.1, -0.05) is 29.3 Å². The van der Waals surface area contributed by atoms with E-state index in [1.165, 1.54) is 13.8 Å². The summed E-state index contributed by atoms with van der Waals surface area (Å²) in [5.74, 6) is 0.115. The van der Waals surface area contributed by atoms with Crippen molar-refractivity contribution >= 4 is 46.4 Å². The Labute approximate surface area is 160 Å². The number of carbonyl (C=O) groups excluding carboxylic acids is 2. The molecule has 1 heterocycles. The molecule has 0 spiro atoms. The molecule has 0 aromatic heterocycles. The predicted molar refractivity (Wildman–Crippen MR) is 100 cm³/mol. The minimum Gasteiger partial charge on any atom is -0.454 e. The normalized spacial score (nSPS) is 12.6. The highest BCUT2D eigenvalue weighted by Crippen LogP contribution is 2.35. The fourth-order valence-corrected chi connectivity index (χ4v) is 2.74. The zero-order valence-corrected chi connectivity index (χ0v) is 15.6. The molecule has 0 bridgehead atoms. The Bertz CT molecular complexity index is 863. The lowest BCUT2D eigenvalue weighted by Gasteiger charge is -2.23. The molecule has 2 N–H and O–H groups in total. The van der Waals surface area contributed by atoms with E-state index in [1.807, 2.05) is 0 Å². The van der Waals surface area contributed by atoms with Crippen molar-refractivity contribution < 1.29 is 19.1 Å². The van der Waals surface area contributed by atoms with Crippen LogP contribution in [0.4, 0.5) is 11.4 Å². The number of halogens is 2. The first kappa shape index (κ1) is 18.4. The van der Waals surface area contributed by atoms with Crippen LogP contribution in [0.3, 0.4) is 0 Å². The van der Waals surface area contributed by atoms with E-state index in [2.05, 4.69) is 10.6 Å². The molecule has 1 aliphatic heterocycles. The predicted octanol–water partition coefficient (Wildman–Crippen LogP) is 4.33. The second-order valence-electron chi connectivity index (χ2n) is 6.20. The lowest BCUT2D eigenvalue weighted by Crippen LogP contribution is -2.41. The average Bonchev–Trinajstić information content (AvgIpc) is 3.05. The standard InChI is InChI=1S/C18H16Cl2N2O4/c1-18(2,17(24)22-15-11(19)4-3-5-12(15)20)16(23)21-10-6-7-13-14(8-10)26-9-25-13/h3-8H,9H2,1-2H3,(H,21,23)(H,22,24). The van der Waals surface area contributed by atoms with E-state index in [-0.39, 0.29) is 22.5 Å². The minimum atomic E-state index is -1.38. The first-order chi connectivity index (χ1) is 12.3. The van der Waals surface area contributed by atoms with Gasteiger partial charge in [0, 0.05) is 11.8 Å². The van der Waals surface area contributed by atoms with Crippen molar-refractivity contribution in [2.45, 2.75) is 13.8 Å². The van der Waals surface area contributed by atoms with Crippen LogP contribution in [0.15, 0.2) is 36.4 Å². The number of para-hydroxylation sites is 1. The molecule has 1 aliphatic rings. The van der Waals surface area contributed by atoms with Gasteiger partial charge in [0.05, 0.1) is 15.7 Å². The quantitative estimate of drug-likeness (QED) is 0.756. The van der Waals surface area contributed by atoms with Crippen molar-refractivity contribution in [3.8, 4) is 11.5 Å². The zero-order valence-electron chi connectivity index (χ0n) is 14.1. The number of benzene rings is 2. The van der Waals surface area contributed by atoms with E-state index < -0.39 is 17.2 Å². The Morgan fingerprint density at radius 1 is 0.962 bits per heavy atom. The number of fused-ring (bicyclic) bond motifs is 1. The van der Waals surface area contributed by atoms with E-state index >= 15 is 0 Å². The van der Waals surface area contributed by atoms with Crippen molar-refractivity contribution in [2.24, 2.45) is 5.41 Å². The summed E-state index contributed by atoms with van der Waals surface area (Å²) in [6.07, 6.45) is 0. The van der Waals surface area contributed by atoms with Crippen LogP contribution in [0.1, 0.15) is 13.8 Å². The number of hydrogen-bond acceptors (Lipinski definition) is 4. The average molecular weight is 395 g/mol. The fraction of sp³-hybridized carbons (Fsp3) is 0.222. The summed E-state index contributed by atoms with van der Waals surface area (Å²) in [7, 11) is 0. The summed E-state index contributed by atoms with van der Waals surface area (Å²) in [4.78, 5) is 25.2. The third-order valence-electron chi connectivity index (χ3n) is 3.97. The molecule has 0 saturated heterocycles. The second kappa shape index (κ2) is 7.05. The van der Waals surface area contributed by atoms with Crippen molar-refractivity contribution in [3.05, 3.63) is 46.4 Å². The molecule has 0 radical (unpaired) electrons. The molecule has 136 valence electrons. The summed E-state index contributed by atoms with van der Waals surface area (Å²) in [6, 6.07) is 9.86. The molecule has 26 heavy (non-hydrogen) atoms. The molecular weight excluding hydrogens is 379 g/mol. The van der Waals surface area contributed by atoms with E-state index in [4.69, 9.17) is 32.7 Å². The largest absolute Gasteiger partial charge is 0.454 e. The molecule has 0 fully saturated rings. The zero-order chi connectivity index (χ0) is 18.9. The van der Waals surface area contributed by atoms with Crippen LogP contribution < -0.4 is 20.1 Å². The fourth-order valence-electron chi connectivity index (χ4n) is 2.25. The first-order valence-corrected chi connectivity index (χ1v) is 8.51. The lowest BCUT2D eigenvalue weighted by atomic mass is 9.90. The summed E-state index contributed by atoms with van der Waals surface area (Å²) in [5.41, 5.74) is -0.612. The Kier molecular flexibility index (Phi) is 4.98. The van der Waals surface area contributed by atoms with Gasteiger partial charge in [-0.25, -0.2) is 0 Å². The topological polar surface area (TPSA) is 76.7 Å². The smallest absolute Gasteiger partial charge is 0.239 e. The highest BCUT2D eigenvalue weighted by Gasteiger charge is 2.37. The molecule has 0 aliphatic carbocycles. The van der Waals surface area contributed by atoms with Crippen molar-refractivity contribution in [1.82, 2.24) is 0 Å². The molecular formula is C18H16Cl2N2O4. The van der Waals surface area contributed by atoms with E-state index in [0.717, 1.165) is 0 Å². The van der Waals surface area contributed by atoms with Gasteiger partial charge in [0.25, 0.3) is 0 Å². The maximum Gasteiger partial charge on any atom is 0.239 e. The Hall–Kier alpha value is -2.44. The summed E-state index contributed by atoms with van der Waals surface area (Å²) >= 11 is 12.1. The van der Waals surface area contributed by atoms with Crippen LogP contribution in [0.2, 0.25) is 10.0 Å². The Morgan fingerprint density at radius 2 is 1.58 bits per heavy atom. The number of hydrogen-bond donors (Lipinski definition) is 2. The van der Waals surface area contributed by atoms with Gasteiger partial charge >= 0.3 is 0 Å². The summed E-state index contributed by atoms with van der Waals surface area (Å²) in [6.45, 7) is 3.16. The number of carbonyl (C=O) groups is 2. The lowest BCUT2D eigenvalue weighted by molar-refractivity contribution is -0.135. The van der Waals surface area contributed by atoms with Crippen molar-refractivity contribution in [2.75, 3.05) is 17.4 Å². The number of rotatable bonds is 4. The van der Waals surface area contributed by atoms with Gasteiger partial charge in [0.15, 0.2) is 11.5 Å². The van der Waals surface area contributed by atoms with Crippen LogP contribution in [-0.4, -0.2) is 18.6 Å². The second-order valence-corrected chi connectivity index (χ2v) is 7.01. The molecule has 0 unspecified atom stereocenters. The Balaban J connectivity index is 1.74. The molecule has 0 atom stereocenters. The van der Waals surface area contributed by atoms with Gasteiger partial charge in [-0.3, -0.25) is 9.59 Å². The van der Waals surface area contributed by atoms with Gasteiger partial charge in [-0.15, -0.1) is 0 Å². The highest BCUT2D eigenvalue weighted by molar-refractivity contribution is 6.40. The van der Waals surface area contributed by atoms with Crippen LogP contribution in [-0.2, 0) is 9.59 Å². The van der Waals surface area contributed by atoms with Crippen LogP contribution in [0, 0.1) is 5.41 Å². The van der Waals surface area contributed by atoms with E-state index in [0.29, 0.717) is 17.2 Å². The molecule has 2 aromatic carbocycles. The summed E-state index contributed by atoms with van der Waals surface area (Å²) in [5, 5.41) is 5.90. The number of amides is 2. The van der Waals surface area contributed by atoms with Crippen LogP contribution >= 0.6 is 23.2 Å². The number of nitrogens with one attached hydrogen (secondary N) is 2. The van der Waals surface area contributed by atoms with Gasteiger partial charge in [-0.2, -0.15) is 0 Å². The van der Waals surface area contributed by atoms with Gasteiger partial charge in [-0.05, 0) is 38.1 Å². The van der Waals surface area contributed by atoms with Crippen molar-refractivity contribution in [3.63, 3.8) is 0 Å². The number of anilines is 2. The van der Waals surface area contributed by atoms with Gasteiger partial charge in [0.2, 0.25) is 18.6 Å². The van der Waals surface area contributed by atoms with Gasteiger partial charge < -0.3 is 20.1 Å². The minimum absolute atomic E-state index is 0.138. The van der Waals surface area contributed by atoms with Crippen molar-refractivity contribution in [1.29, 1.82) is 0 Å². The monoisotopic (exact) mass is 394 g/mol. The van der Waals surface area contributed by atoms with E-state index in [9.17, 15) is 9.59 Å². The SMILES string of the molecule is CC(C)(C(=O)Nc1ccc2c(c1)OCO2)C(=O)Nc1c(Cl)cccc1Cl. The third-order valence-corrected chi connectivity index (χ3v) is 4.60. The maximum absolute atomic E-state index is 12.6. The Morgan fingerprint density at radius 3 is 2.27 bits per heavy atom. The number of ether oxygens (including phenoxy) is 2. The van der Waals surface area contributed by atoms with Gasteiger partial charge in [0.1, 0.15) is 5.41 Å². The molecule has 6 nitrogen and oxygen atoms in total.